The molecular formula is C13H17ClN2O4. The number of halogens is 1. The molecule has 0 aliphatic rings. The molecule has 0 unspecified atom stereocenters. The van der Waals surface area contributed by atoms with Gasteiger partial charge in [0.15, 0.2) is 0 Å². The lowest BCUT2D eigenvalue weighted by Crippen LogP contribution is -2.37. The summed E-state index contributed by atoms with van der Waals surface area (Å²) in [5, 5.41) is 13.6. The molecule has 1 aromatic rings. The van der Waals surface area contributed by atoms with Crippen LogP contribution in [0.25, 0.3) is 0 Å². The number of nitrogens with zero attached hydrogens (tertiary/aromatic N) is 1. The van der Waals surface area contributed by atoms with Gasteiger partial charge in [-0.2, -0.15) is 0 Å². The van der Waals surface area contributed by atoms with E-state index in [9.17, 15) is 14.9 Å². The van der Waals surface area contributed by atoms with Crippen LogP contribution in [0.2, 0.25) is 5.02 Å². The van der Waals surface area contributed by atoms with Crippen LogP contribution in [0, 0.1) is 10.1 Å². The van der Waals surface area contributed by atoms with Crippen molar-refractivity contribution < 1.29 is 14.5 Å². The zero-order chi connectivity index (χ0) is 15.3. The van der Waals surface area contributed by atoms with Gasteiger partial charge in [-0.1, -0.05) is 23.7 Å². The summed E-state index contributed by atoms with van der Waals surface area (Å²) in [4.78, 5) is 21.9. The quantitative estimate of drug-likeness (QED) is 0.684. The molecule has 0 spiro atoms. The lowest BCUT2D eigenvalue weighted by molar-refractivity contribution is -0.484. The number of amides is 1. The topological polar surface area (TPSA) is 81.5 Å². The first-order valence-corrected chi connectivity index (χ1v) is 6.42. The fraction of sp³-hybridized carbons (Fsp3) is 0.462. The number of alkyl carbamates (subject to hydrolysis) is 1. The van der Waals surface area contributed by atoms with E-state index in [2.05, 4.69) is 5.32 Å². The standard InChI is InChI=1S/C13H17ClN2O4/c1-13(2,3)20-12(17)15-11(8-16(18)19)9-5-4-6-10(14)7-9/h4-7,11H,8H2,1-3H3,(H,15,17)/t11-/m0/s1. The van der Waals surface area contributed by atoms with Crippen LogP contribution in [0.5, 0.6) is 0 Å². The molecule has 0 aliphatic carbocycles. The van der Waals surface area contributed by atoms with Crippen LogP contribution in [0.15, 0.2) is 24.3 Å². The molecule has 1 aromatic carbocycles. The third-order valence-electron chi connectivity index (χ3n) is 2.27. The minimum absolute atomic E-state index is 0.445. The van der Waals surface area contributed by atoms with Gasteiger partial charge >= 0.3 is 6.09 Å². The van der Waals surface area contributed by atoms with Crippen molar-refractivity contribution in [2.24, 2.45) is 0 Å². The van der Waals surface area contributed by atoms with E-state index in [-0.39, 0.29) is 0 Å². The Morgan fingerprint density at radius 1 is 1.50 bits per heavy atom. The number of benzene rings is 1. The van der Waals surface area contributed by atoms with Gasteiger partial charge in [0.25, 0.3) is 0 Å². The maximum atomic E-state index is 11.7. The molecule has 0 fully saturated rings. The number of nitrogens with one attached hydrogen (secondary N) is 1. The lowest BCUT2D eigenvalue weighted by atomic mass is 10.1. The van der Waals surface area contributed by atoms with E-state index in [4.69, 9.17) is 16.3 Å². The van der Waals surface area contributed by atoms with Gasteiger partial charge in [0.05, 0.1) is 0 Å². The van der Waals surface area contributed by atoms with Crippen LogP contribution in [0.3, 0.4) is 0 Å². The van der Waals surface area contributed by atoms with Crippen molar-refractivity contribution in [3.63, 3.8) is 0 Å². The third-order valence-corrected chi connectivity index (χ3v) is 2.51. The van der Waals surface area contributed by atoms with Gasteiger partial charge < -0.3 is 10.1 Å². The first kappa shape index (κ1) is 16.2. The Balaban J connectivity index is 2.85. The second-order valence-corrected chi connectivity index (χ2v) is 5.71. The van der Waals surface area contributed by atoms with Gasteiger partial charge in [-0.25, -0.2) is 4.79 Å². The number of carbonyl (C=O) groups excluding carboxylic acids is 1. The van der Waals surface area contributed by atoms with E-state index >= 15 is 0 Å². The largest absolute Gasteiger partial charge is 0.444 e. The summed E-state index contributed by atoms with van der Waals surface area (Å²) >= 11 is 5.85. The molecule has 7 heteroatoms. The average molecular weight is 301 g/mol. The van der Waals surface area contributed by atoms with E-state index in [1.54, 1.807) is 45.0 Å². The molecule has 20 heavy (non-hydrogen) atoms. The Bertz CT molecular complexity index is 499. The Hall–Kier alpha value is -1.82. The molecule has 0 bridgehead atoms. The highest BCUT2D eigenvalue weighted by atomic mass is 35.5. The molecule has 1 rings (SSSR count). The van der Waals surface area contributed by atoms with Crippen LogP contribution in [-0.4, -0.2) is 23.2 Å². The predicted octanol–water partition coefficient (Wildman–Crippen LogP) is 3.18. The molecule has 0 saturated carbocycles. The zero-order valence-electron chi connectivity index (χ0n) is 11.6. The molecule has 0 aliphatic heterocycles. The maximum Gasteiger partial charge on any atom is 0.408 e. The fourth-order valence-corrected chi connectivity index (χ4v) is 1.76. The number of hydrogen-bond donors (Lipinski definition) is 1. The normalized spacial score (nSPS) is 12.6. The number of hydrogen-bond acceptors (Lipinski definition) is 4. The highest BCUT2D eigenvalue weighted by Gasteiger charge is 2.24. The van der Waals surface area contributed by atoms with Gasteiger partial charge in [-0.15, -0.1) is 0 Å². The molecule has 0 radical (unpaired) electrons. The third kappa shape index (κ3) is 5.88. The van der Waals surface area contributed by atoms with E-state index in [1.807, 2.05) is 0 Å². The van der Waals surface area contributed by atoms with Crippen LogP contribution >= 0.6 is 11.6 Å². The van der Waals surface area contributed by atoms with Gasteiger partial charge in [-0.3, -0.25) is 10.1 Å². The van der Waals surface area contributed by atoms with Crippen molar-refractivity contribution in [1.82, 2.24) is 5.32 Å². The smallest absolute Gasteiger partial charge is 0.408 e. The highest BCUT2D eigenvalue weighted by molar-refractivity contribution is 6.30. The summed E-state index contributed by atoms with van der Waals surface area (Å²) in [6.45, 7) is 4.71. The van der Waals surface area contributed by atoms with E-state index in [0.717, 1.165) is 0 Å². The highest BCUT2D eigenvalue weighted by Crippen LogP contribution is 2.19. The summed E-state index contributed by atoms with van der Waals surface area (Å²) < 4.78 is 5.10. The van der Waals surface area contributed by atoms with E-state index in [1.165, 1.54) is 0 Å². The van der Waals surface area contributed by atoms with Crippen molar-refractivity contribution >= 4 is 17.7 Å². The second-order valence-electron chi connectivity index (χ2n) is 5.27. The number of ether oxygens (including phenoxy) is 1. The summed E-state index contributed by atoms with van der Waals surface area (Å²) in [5.41, 5.74) is -0.113. The van der Waals surface area contributed by atoms with Gasteiger partial charge in [-0.05, 0) is 38.5 Å². The van der Waals surface area contributed by atoms with Crippen molar-refractivity contribution in [3.8, 4) is 0 Å². The first-order chi connectivity index (χ1) is 9.17. The van der Waals surface area contributed by atoms with E-state index in [0.29, 0.717) is 10.6 Å². The Kier molecular flexibility index (Phi) is 5.33. The van der Waals surface area contributed by atoms with Crippen molar-refractivity contribution in [2.45, 2.75) is 32.4 Å². The Morgan fingerprint density at radius 2 is 2.15 bits per heavy atom. The molecule has 110 valence electrons. The molecule has 6 nitrogen and oxygen atoms in total. The van der Waals surface area contributed by atoms with E-state index < -0.39 is 29.2 Å². The van der Waals surface area contributed by atoms with Crippen molar-refractivity contribution in [1.29, 1.82) is 0 Å². The van der Waals surface area contributed by atoms with Crippen LogP contribution in [0.1, 0.15) is 32.4 Å². The SMILES string of the molecule is CC(C)(C)OC(=O)N[C@@H](C[N+](=O)[O-])c1cccc(Cl)c1. The summed E-state index contributed by atoms with van der Waals surface area (Å²) in [6, 6.07) is 5.77. The van der Waals surface area contributed by atoms with Crippen molar-refractivity contribution in [2.75, 3.05) is 6.54 Å². The fourth-order valence-electron chi connectivity index (χ4n) is 1.56. The number of carbonyl (C=O) groups is 1. The summed E-state index contributed by atoms with van der Waals surface area (Å²) in [7, 11) is 0. The monoisotopic (exact) mass is 300 g/mol. The molecule has 0 heterocycles. The lowest BCUT2D eigenvalue weighted by Gasteiger charge is -2.22. The Labute approximate surface area is 122 Å². The molecule has 1 atom stereocenters. The molecule has 0 aromatic heterocycles. The minimum atomic E-state index is -0.793. The summed E-state index contributed by atoms with van der Waals surface area (Å²) in [5.74, 6) is 0. The minimum Gasteiger partial charge on any atom is -0.444 e. The average Bonchev–Trinajstić information content (AvgIpc) is 2.24. The van der Waals surface area contributed by atoms with Gasteiger partial charge in [0.2, 0.25) is 6.54 Å². The Morgan fingerprint density at radius 3 is 2.65 bits per heavy atom. The second kappa shape index (κ2) is 6.56. The molecule has 1 amide bonds. The van der Waals surface area contributed by atoms with Gasteiger partial charge in [0, 0.05) is 9.95 Å². The van der Waals surface area contributed by atoms with Crippen LogP contribution in [0.4, 0.5) is 4.79 Å². The first-order valence-electron chi connectivity index (χ1n) is 6.04. The molecule has 0 saturated heterocycles. The number of nitro groups is 1. The van der Waals surface area contributed by atoms with Crippen LogP contribution in [-0.2, 0) is 4.74 Å². The maximum absolute atomic E-state index is 11.7. The predicted molar refractivity (Wildman–Crippen MR) is 75.4 cm³/mol. The molecular weight excluding hydrogens is 284 g/mol. The molecule has 1 N–H and O–H groups in total. The zero-order valence-corrected chi connectivity index (χ0v) is 12.3. The number of rotatable bonds is 4. The summed E-state index contributed by atoms with van der Waals surface area (Å²) in [6.07, 6.45) is -0.704. The van der Waals surface area contributed by atoms with Gasteiger partial charge in [0.1, 0.15) is 11.6 Å². The van der Waals surface area contributed by atoms with Crippen LogP contribution < -0.4 is 5.32 Å². The van der Waals surface area contributed by atoms with Crippen molar-refractivity contribution in [3.05, 3.63) is 45.0 Å².